The molecule has 5 heteroatoms. The van der Waals surface area contributed by atoms with Crippen LogP contribution in [0.25, 0.3) is 0 Å². The van der Waals surface area contributed by atoms with Crippen molar-refractivity contribution in [2.45, 2.75) is 57.5 Å². The molecule has 1 aromatic carbocycles. The molecule has 0 aliphatic rings. The highest BCUT2D eigenvalue weighted by Gasteiger charge is 2.24. The van der Waals surface area contributed by atoms with Gasteiger partial charge in [0.25, 0.3) is 10.1 Å². The van der Waals surface area contributed by atoms with E-state index in [-0.39, 0.29) is 4.90 Å². The first-order valence-corrected chi connectivity index (χ1v) is 9.88. The van der Waals surface area contributed by atoms with Gasteiger partial charge >= 0.3 is 0 Å². The Kier molecular flexibility index (Phi) is 7.61. The van der Waals surface area contributed by atoms with Crippen molar-refractivity contribution in [1.29, 1.82) is 0 Å². The quantitative estimate of drug-likeness (QED) is 0.290. The lowest BCUT2D eigenvalue weighted by Crippen LogP contribution is -2.19. The zero-order chi connectivity index (χ0) is 16.8. The fourth-order valence-electron chi connectivity index (χ4n) is 2.52. The number of rotatable bonds is 8. The van der Waals surface area contributed by atoms with Crippen LogP contribution in [0.1, 0.15) is 42.4 Å². The second-order valence-corrected chi connectivity index (χ2v) is 7.77. The lowest BCUT2D eigenvalue weighted by Gasteiger charge is -2.16. The summed E-state index contributed by atoms with van der Waals surface area (Å²) in [6, 6.07) is 3.67. The lowest BCUT2D eigenvalue weighted by molar-refractivity contribution is 0.248. The Labute approximate surface area is 142 Å². The average Bonchev–Trinajstić information content (AvgIpc) is 2.40. The molecule has 0 fully saturated rings. The molecule has 0 N–H and O–H groups in total. The zero-order valence-electron chi connectivity index (χ0n) is 13.4. The van der Waals surface area contributed by atoms with Gasteiger partial charge in [0.2, 0.25) is 0 Å². The molecule has 0 saturated heterocycles. The van der Waals surface area contributed by atoms with Crippen LogP contribution < -0.4 is 0 Å². The minimum Gasteiger partial charge on any atom is -0.250 e. The Bertz CT molecular complexity index is 621. The standard InChI is InChI=1S/C17H23BrO3S/c1-5-16(9-7-6-8-10-18)21-22(19,20)17-14(3)11-13(2)12-15(17)4/h1,11-12,16H,6-10H2,2-4H3. The van der Waals surface area contributed by atoms with Crippen LogP contribution in [0.5, 0.6) is 0 Å². The second-order valence-electron chi connectivity index (χ2n) is 5.47. The van der Waals surface area contributed by atoms with Gasteiger partial charge in [-0.3, -0.25) is 0 Å². The van der Waals surface area contributed by atoms with Gasteiger partial charge < -0.3 is 0 Å². The summed E-state index contributed by atoms with van der Waals surface area (Å²) in [5.74, 6) is 2.44. The maximum atomic E-state index is 12.5. The first kappa shape index (κ1) is 19.2. The minimum atomic E-state index is -3.84. The van der Waals surface area contributed by atoms with Crippen molar-refractivity contribution in [2.75, 3.05) is 5.33 Å². The number of hydrogen-bond donors (Lipinski definition) is 0. The van der Waals surface area contributed by atoms with Crippen molar-refractivity contribution < 1.29 is 12.6 Å². The van der Waals surface area contributed by atoms with E-state index in [1.165, 1.54) is 0 Å². The van der Waals surface area contributed by atoms with Crippen LogP contribution >= 0.6 is 15.9 Å². The first-order valence-electron chi connectivity index (χ1n) is 7.35. The van der Waals surface area contributed by atoms with Crippen molar-refractivity contribution in [3.63, 3.8) is 0 Å². The van der Waals surface area contributed by atoms with Gasteiger partial charge in [0, 0.05) is 5.33 Å². The Morgan fingerprint density at radius 1 is 1.18 bits per heavy atom. The third-order valence-corrected chi connectivity index (χ3v) is 5.57. The number of unbranched alkanes of at least 4 members (excludes halogenated alkanes) is 2. The van der Waals surface area contributed by atoms with E-state index in [0.29, 0.717) is 17.5 Å². The van der Waals surface area contributed by atoms with Crippen LogP contribution in [-0.2, 0) is 14.3 Å². The van der Waals surface area contributed by atoms with Crippen molar-refractivity contribution in [1.82, 2.24) is 0 Å². The van der Waals surface area contributed by atoms with Gasteiger partial charge in [-0.25, -0.2) is 4.18 Å². The Morgan fingerprint density at radius 2 is 1.77 bits per heavy atom. The van der Waals surface area contributed by atoms with Crippen LogP contribution in [0.2, 0.25) is 0 Å². The van der Waals surface area contributed by atoms with E-state index in [0.717, 1.165) is 30.2 Å². The molecule has 0 saturated carbocycles. The van der Waals surface area contributed by atoms with Crippen molar-refractivity contribution in [3.05, 3.63) is 28.8 Å². The molecule has 0 amide bonds. The molecule has 1 unspecified atom stereocenters. The maximum Gasteiger partial charge on any atom is 0.298 e. The van der Waals surface area contributed by atoms with Gasteiger partial charge in [-0.05, 0) is 51.2 Å². The molecule has 3 nitrogen and oxygen atoms in total. The van der Waals surface area contributed by atoms with Gasteiger partial charge in [-0.1, -0.05) is 46.0 Å². The molecule has 0 aliphatic carbocycles. The molecular weight excluding hydrogens is 364 g/mol. The molecule has 0 aromatic heterocycles. The van der Waals surface area contributed by atoms with Crippen LogP contribution in [0.3, 0.4) is 0 Å². The summed E-state index contributed by atoms with van der Waals surface area (Å²) in [5, 5.41) is 0.939. The fraction of sp³-hybridized carbons (Fsp3) is 0.529. The van der Waals surface area contributed by atoms with Crippen LogP contribution in [0.15, 0.2) is 17.0 Å². The Balaban J connectivity index is 2.89. The van der Waals surface area contributed by atoms with E-state index < -0.39 is 16.2 Å². The monoisotopic (exact) mass is 386 g/mol. The molecule has 0 aliphatic heterocycles. The first-order chi connectivity index (χ1) is 10.3. The van der Waals surface area contributed by atoms with E-state index in [4.69, 9.17) is 10.6 Å². The summed E-state index contributed by atoms with van der Waals surface area (Å²) in [6.45, 7) is 5.49. The maximum absolute atomic E-state index is 12.5. The van der Waals surface area contributed by atoms with E-state index in [2.05, 4.69) is 21.9 Å². The third kappa shape index (κ3) is 5.42. The molecule has 22 heavy (non-hydrogen) atoms. The van der Waals surface area contributed by atoms with Gasteiger partial charge in [0.1, 0.15) is 6.10 Å². The van der Waals surface area contributed by atoms with E-state index >= 15 is 0 Å². The number of benzene rings is 1. The molecule has 1 atom stereocenters. The van der Waals surface area contributed by atoms with Gasteiger partial charge in [-0.15, -0.1) is 6.42 Å². The summed E-state index contributed by atoms with van der Waals surface area (Å²) in [7, 11) is -3.84. The van der Waals surface area contributed by atoms with Crippen LogP contribution in [0, 0.1) is 33.1 Å². The lowest BCUT2D eigenvalue weighted by atomic mass is 10.1. The van der Waals surface area contributed by atoms with Crippen LogP contribution in [0.4, 0.5) is 0 Å². The highest BCUT2D eigenvalue weighted by molar-refractivity contribution is 9.09. The summed E-state index contributed by atoms with van der Waals surface area (Å²) in [5.41, 5.74) is 2.40. The van der Waals surface area contributed by atoms with Gasteiger partial charge in [0.05, 0.1) is 4.90 Å². The normalized spacial score (nSPS) is 12.9. The predicted octanol–water partition coefficient (Wildman–Crippen LogP) is 4.27. The topological polar surface area (TPSA) is 43.4 Å². The van der Waals surface area contributed by atoms with E-state index in [1.54, 1.807) is 13.8 Å². The molecule has 0 bridgehead atoms. The van der Waals surface area contributed by atoms with Gasteiger partial charge in [0.15, 0.2) is 0 Å². The molecule has 0 radical (unpaired) electrons. The number of halogens is 1. The number of alkyl halides is 1. The highest BCUT2D eigenvalue weighted by atomic mass is 79.9. The summed E-state index contributed by atoms with van der Waals surface area (Å²) in [6.07, 6.45) is 8.15. The van der Waals surface area contributed by atoms with Crippen molar-refractivity contribution >= 4 is 26.0 Å². The average molecular weight is 387 g/mol. The SMILES string of the molecule is C#CC(CCCCCBr)OS(=O)(=O)c1c(C)cc(C)cc1C. The summed E-state index contributed by atoms with van der Waals surface area (Å²) in [4.78, 5) is 0.235. The predicted molar refractivity (Wildman–Crippen MR) is 93.8 cm³/mol. The van der Waals surface area contributed by atoms with Crippen molar-refractivity contribution in [3.8, 4) is 12.3 Å². The van der Waals surface area contributed by atoms with Crippen molar-refractivity contribution in [2.24, 2.45) is 0 Å². The largest absolute Gasteiger partial charge is 0.298 e. The minimum absolute atomic E-state index is 0.235. The fourth-order valence-corrected chi connectivity index (χ4v) is 4.38. The summed E-state index contributed by atoms with van der Waals surface area (Å²) < 4.78 is 30.3. The number of hydrogen-bond acceptors (Lipinski definition) is 3. The summed E-state index contributed by atoms with van der Waals surface area (Å²) >= 11 is 3.37. The molecule has 122 valence electrons. The zero-order valence-corrected chi connectivity index (χ0v) is 15.8. The third-order valence-electron chi connectivity index (χ3n) is 3.38. The molecule has 1 aromatic rings. The second kappa shape index (κ2) is 8.71. The smallest absolute Gasteiger partial charge is 0.250 e. The number of terminal acetylenes is 1. The number of aryl methyl sites for hydroxylation is 3. The molecule has 1 rings (SSSR count). The Hall–Kier alpha value is -0.830. The molecular formula is C17H23BrO3S. The van der Waals surface area contributed by atoms with E-state index in [9.17, 15) is 8.42 Å². The molecule has 0 heterocycles. The van der Waals surface area contributed by atoms with E-state index in [1.807, 2.05) is 19.1 Å². The highest BCUT2D eigenvalue weighted by Crippen LogP contribution is 2.25. The Morgan fingerprint density at radius 3 is 2.27 bits per heavy atom. The van der Waals surface area contributed by atoms with Crippen LogP contribution in [-0.4, -0.2) is 19.9 Å². The van der Waals surface area contributed by atoms with Gasteiger partial charge in [-0.2, -0.15) is 8.42 Å². The molecule has 0 spiro atoms.